The maximum Gasteiger partial charge on any atom is 0.0713 e. The molecule has 1 saturated carbocycles. The summed E-state index contributed by atoms with van der Waals surface area (Å²) >= 11 is 0. The van der Waals surface area contributed by atoms with Gasteiger partial charge in [0.05, 0.1) is 5.60 Å². The number of hydrogen-bond acceptors (Lipinski definition) is 1. The zero-order valence-electron chi connectivity index (χ0n) is 10.6. The fraction of sp³-hybridized carbons (Fsp3) is 0.600. The molecule has 0 aromatic heterocycles. The topological polar surface area (TPSA) is 20.2 Å². The molecule has 1 heteroatoms. The Morgan fingerprint density at radius 3 is 2.75 bits per heavy atom. The zero-order valence-corrected chi connectivity index (χ0v) is 10.6. The van der Waals surface area contributed by atoms with E-state index in [1.54, 1.807) is 0 Å². The van der Waals surface area contributed by atoms with Crippen molar-refractivity contribution in [1.29, 1.82) is 0 Å². The van der Waals surface area contributed by atoms with E-state index in [1.165, 1.54) is 29.5 Å². The predicted octanol–water partition coefficient (Wildman–Crippen LogP) is 3.40. The average Bonchev–Trinajstić information content (AvgIpc) is 2.53. The molecule has 1 aliphatic rings. The molecule has 1 fully saturated rings. The summed E-state index contributed by atoms with van der Waals surface area (Å²) in [4.78, 5) is 0. The Morgan fingerprint density at radius 1 is 1.38 bits per heavy atom. The van der Waals surface area contributed by atoms with Gasteiger partial charge in [0.15, 0.2) is 0 Å². The van der Waals surface area contributed by atoms with Gasteiger partial charge in [-0.15, -0.1) is 0 Å². The van der Waals surface area contributed by atoms with Gasteiger partial charge in [0.1, 0.15) is 0 Å². The monoisotopic (exact) mass is 218 g/mol. The molecule has 1 aromatic rings. The van der Waals surface area contributed by atoms with Gasteiger partial charge in [-0.1, -0.05) is 37.1 Å². The molecule has 1 aliphatic carbocycles. The van der Waals surface area contributed by atoms with E-state index in [0.29, 0.717) is 5.92 Å². The lowest BCUT2D eigenvalue weighted by atomic mass is 9.84. The van der Waals surface area contributed by atoms with Crippen LogP contribution < -0.4 is 0 Å². The average molecular weight is 218 g/mol. The second-order valence-corrected chi connectivity index (χ2v) is 5.50. The smallest absolute Gasteiger partial charge is 0.0713 e. The molecule has 1 N–H and O–H groups in total. The largest absolute Gasteiger partial charge is 0.389 e. The van der Waals surface area contributed by atoms with E-state index in [-0.39, 0.29) is 0 Å². The lowest BCUT2D eigenvalue weighted by Crippen LogP contribution is -2.34. The molecule has 0 amide bonds. The summed E-state index contributed by atoms with van der Waals surface area (Å²) in [7, 11) is 0. The van der Waals surface area contributed by atoms with E-state index in [0.717, 1.165) is 12.8 Å². The lowest BCUT2D eigenvalue weighted by molar-refractivity contribution is 0.00946. The highest BCUT2D eigenvalue weighted by atomic mass is 16.3. The molecule has 2 rings (SSSR count). The Kier molecular flexibility index (Phi) is 3.07. The van der Waals surface area contributed by atoms with E-state index < -0.39 is 5.60 Å². The maximum absolute atomic E-state index is 10.6. The van der Waals surface area contributed by atoms with Crippen LogP contribution in [0.4, 0.5) is 0 Å². The van der Waals surface area contributed by atoms with Crippen LogP contribution in [0.1, 0.15) is 42.9 Å². The minimum atomic E-state index is -0.460. The fourth-order valence-corrected chi connectivity index (χ4v) is 2.81. The van der Waals surface area contributed by atoms with Gasteiger partial charge < -0.3 is 5.11 Å². The minimum absolute atomic E-state index is 0.437. The zero-order chi connectivity index (χ0) is 11.8. The summed E-state index contributed by atoms with van der Waals surface area (Å²) in [6.45, 7) is 6.43. The first-order valence-corrected chi connectivity index (χ1v) is 6.30. The van der Waals surface area contributed by atoms with Crippen molar-refractivity contribution in [2.24, 2.45) is 5.92 Å². The van der Waals surface area contributed by atoms with Gasteiger partial charge in [-0.3, -0.25) is 0 Å². The summed E-state index contributed by atoms with van der Waals surface area (Å²) in [6.07, 6.45) is 4.12. The van der Waals surface area contributed by atoms with E-state index in [4.69, 9.17) is 0 Å². The van der Waals surface area contributed by atoms with E-state index in [2.05, 4.69) is 39.0 Å². The van der Waals surface area contributed by atoms with Crippen molar-refractivity contribution in [3.8, 4) is 0 Å². The molecule has 0 saturated heterocycles. The van der Waals surface area contributed by atoms with Crippen molar-refractivity contribution in [2.75, 3.05) is 0 Å². The van der Waals surface area contributed by atoms with Crippen molar-refractivity contribution in [2.45, 2.75) is 52.1 Å². The maximum atomic E-state index is 10.6. The van der Waals surface area contributed by atoms with Gasteiger partial charge in [-0.05, 0) is 43.7 Å². The fourth-order valence-electron chi connectivity index (χ4n) is 2.81. The standard InChI is InChI=1S/C15H22O/c1-11-6-7-12(2)14(9-11)10-15(16)8-4-5-13(15)3/h6-7,9,13,16H,4-5,8,10H2,1-3H3. The highest BCUT2D eigenvalue weighted by molar-refractivity contribution is 5.32. The molecule has 88 valence electrons. The van der Waals surface area contributed by atoms with E-state index in [9.17, 15) is 5.11 Å². The number of rotatable bonds is 2. The van der Waals surface area contributed by atoms with Crippen LogP contribution in [0, 0.1) is 19.8 Å². The van der Waals surface area contributed by atoms with Crippen molar-refractivity contribution in [3.05, 3.63) is 34.9 Å². The molecule has 0 spiro atoms. The SMILES string of the molecule is Cc1ccc(C)c(CC2(O)CCCC2C)c1. The van der Waals surface area contributed by atoms with Gasteiger partial charge in [0.25, 0.3) is 0 Å². The second-order valence-electron chi connectivity index (χ2n) is 5.50. The molecule has 2 atom stereocenters. The van der Waals surface area contributed by atoms with Crippen LogP contribution in [-0.2, 0) is 6.42 Å². The number of aryl methyl sites for hydroxylation is 2. The van der Waals surface area contributed by atoms with Crippen LogP contribution in [0.2, 0.25) is 0 Å². The Hall–Kier alpha value is -0.820. The summed E-state index contributed by atoms with van der Waals surface area (Å²) in [5, 5.41) is 10.6. The summed E-state index contributed by atoms with van der Waals surface area (Å²) in [5.74, 6) is 0.437. The van der Waals surface area contributed by atoms with Crippen LogP contribution >= 0.6 is 0 Å². The summed E-state index contributed by atoms with van der Waals surface area (Å²) in [5.41, 5.74) is 3.45. The highest BCUT2D eigenvalue weighted by Crippen LogP contribution is 2.38. The molecular formula is C15H22O. The quantitative estimate of drug-likeness (QED) is 0.806. The second kappa shape index (κ2) is 4.21. The first-order valence-electron chi connectivity index (χ1n) is 6.30. The molecule has 1 nitrogen and oxygen atoms in total. The lowest BCUT2D eigenvalue weighted by Gasteiger charge is -2.28. The Balaban J connectivity index is 2.23. The van der Waals surface area contributed by atoms with Crippen molar-refractivity contribution in [1.82, 2.24) is 0 Å². The third kappa shape index (κ3) is 2.15. The van der Waals surface area contributed by atoms with Gasteiger partial charge in [-0.2, -0.15) is 0 Å². The van der Waals surface area contributed by atoms with Crippen LogP contribution in [0.25, 0.3) is 0 Å². The van der Waals surface area contributed by atoms with Crippen molar-refractivity contribution >= 4 is 0 Å². The van der Waals surface area contributed by atoms with Gasteiger partial charge >= 0.3 is 0 Å². The first kappa shape index (κ1) is 11.7. The van der Waals surface area contributed by atoms with Gasteiger partial charge in [-0.25, -0.2) is 0 Å². The molecule has 1 aromatic carbocycles. The summed E-state index contributed by atoms with van der Waals surface area (Å²) in [6, 6.07) is 6.52. The Morgan fingerprint density at radius 2 is 2.12 bits per heavy atom. The number of aliphatic hydroxyl groups is 1. The van der Waals surface area contributed by atoms with Crippen LogP contribution in [-0.4, -0.2) is 10.7 Å². The molecular weight excluding hydrogens is 196 g/mol. The molecule has 16 heavy (non-hydrogen) atoms. The van der Waals surface area contributed by atoms with E-state index in [1.807, 2.05) is 0 Å². The number of benzene rings is 1. The first-order chi connectivity index (χ1) is 7.51. The van der Waals surface area contributed by atoms with E-state index >= 15 is 0 Å². The van der Waals surface area contributed by atoms with Crippen LogP contribution in [0.5, 0.6) is 0 Å². The minimum Gasteiger partial charge on any atom is -0.389 e. The van der Waals surface area contributed by atoms with Gasteiger partial charge in [0, 0.05) is 6.42 Å². The normalized spacial score (nSPS) is 29.6. The molecule has 0 heterocycles. The molecule has 0 aliphatic heterocycles. The molecule has 2 unspecified atom stereocenters. The highest BCUT2D eigenvalue weighted by Gasteiger charge is 2.38. The molecule has 0 radical (unpaired) electrons. The van der Waals surface area contributed by atoms with Crippen molar-refractivity contribution in [3.63, 3.8) is 0 Å². The van der Waals surface area contributed by atoms with Crippen LogP contribution in [0.15, 0.2) is 18.2 Å². The van der Waals surface area contributed by atoms with Crippen LogP contribution in [0.3, 0.4) is 0 Å². The number of hydrogen-bond donors (Lipinski definition) is 1. The third-order valence-electron chi connectivity index (χ3n) is 4.17. The van der Waals surface area contributed by atoms with Crippen molar-refractivity contribution < 1.29 is 5.11 Å². The van der Waals surface area contributed by atoms with Gasteiger partial charge in [0.2, 0.25) is 0 Å². The third-order valence-corrected chi connectivity index (χ3v) is 4.17. The predicted molar refractivity (Wildman–Crippen MR) is 67.6 cm³/mol. The Bertz CT molecular complexity index is 383. The molecule has 0 bridgehead atoms. The summed E-state index contributed by atoms with van der Waals surface area (Å²) < 4.78 is 0. The Labute approximate surface area is 98.5 Å².